The lowest BCUT2D eigenvalue weighted by atomic mass is 10.1. The number of aromatic nitrogens is 4. The summed E-state index contributed by atoms with van der Waals surface area (Å²) in [6, 6.07) is 6.18. The smallest absolute Gasteiger partial charge is 0.213 e. The van der Waals surface area contributed by atoms with Crippen LogP contribution < -0.4 is 20.3 Å². The lowest BCUT2D eigenvalue weighted by molar-refractivity contribution is 0.211. The maximum atomic E-state index is 5.87. The molecule has 3 aromatic rings. The summed E-state index contributed by atoms with van der Waals surface area (Å²) in [5.74, 6) is 2.69. The van der Waals surface area contributed by atoms with Gasteiger partial charge in [0.25, 0.3) is 0 Å². The maximum absolute atomic E-state index is 5.87. The van der Waals surface area contributed by atoms with Gasteiger partial charge in [-0.1, -0.05) is 26.8 Å². The number of piperazine rings is 1. The Morgan fingerprint density at radius 1 is 1.03 bits per heavy atom. The molecule has 5 heterocycles. The molecule has 2 N–H and O–H groups in total. The third kappa shape index (κ3) is 7.32. The molecule has 0 aromatic carbocycles. The van der Waals surface area contributed by atoms with Crippen LogP contribution >= 0.6 is 0 Å². The van der Waals surface area contributed by atoms with E-state index in [0.717, 1.165) is 81.5 Å². The first-order chi connectivity index (χ1) is 18.3. The lowest BCUT2D eigenvalue weighted by Gasteiger charge is -2.28. The molecule has 3 aromatic heterocycles. The lowest BCUT2D eigenvalue weighted by Crippen LogP contribution is -2.43. The number of aryl methyl sites for hydroxylation is 1. The molecule has 9 heteroatoms. The Balaban J connectivity index is 0.00000156. The van der Waals surface area contributed by atoms with E-state index in [9.17, 15) is 0 Å². The van der Waals surface area contributed by atoms with Gasteiger partial charge in [-0.25, -0.2) is 9.97 Å². The van der Waals surface area contributed by atoms with Crippen LogP contribution in [0.4, 0.5) is 11.6 Å². The van der Waals surface area contributed by atoms with Gasteiger partial charge in [0.1, 0.15) is 11.6 Å². The number of hydrogen-bond donors (Lipinski definition) is 2. The molecule has 9 nitrogen and oxygen atoms in total. The molecule has 2 saturated heterocycles. The zero-order chi connectivity index (χ0) is 25.9. The summed E-state index contributed by atoms with van der Waals surface area (Å²) in [6.45, 7) is 15.2. The number of nitrogens with one attached hydrogen (secondary N) is 2. The summed E-state index contributed by atoms with van der Waals surface area (Å²) in [7, 11) is 0. The predicted molar refractivity (Wildman–Crippen MR) is 151 cm³/mol. The van der Waals surface area contributed by atoms with E-state index < -0.39 is 0 Å². The zero-order valence-electron chi connectivity index (χ0n) is 22.9. The zero-order valence-corrected chi connectivity index (χ0v) is 22.9. The average molecular weight is 509 g/mol. The molecule has 5 rings (SSSR count). The number of hydrogen-bond acceptors (Lipinski definition) is 8. The Labute approximate surface area is 221 Å². The second kappa shape index (κ2) is 14.1. The number of ether oxygens (including phenoxy) is 1. The van der Waals surface area contributed by atoms with Crippen LogP contribution in [0.1, 0.15) is 57.6 Å². The molecule has 0 radical (unpaired) electrons. The van der Waals surface area contributed by atoms with Gasteiger partial charge in [0.15, 0.2) is 5.65 Å². The molecule has 37 heavy (non-hydrogen) atoms. The van der Waals surface area contributed by atoms with Crippen LogP contribution in [-0.2, 0) is 13.0 Å². The van der Waals surface area contributed by atoms with Gasteiger partial charge in [-0.05, 0) is 37.7 Å². The first kappa shape index (κ1) is 27.1. The largest absolute Gasteiger partial charge is 0.478 e. The molecule has 2 fully saturated rings. The first-order valence-electron chi connectivity index (χ1n) is 14.2. The van der Waals surface area contributed by atoms with Crippen molar-refractivity contribution in [3.63, 3.8) is 0 Å². The molecule has 0 atom stereocenters. The van der Waals surface area contributed by atoms with E-state index in [1.54, 1.807) is 0 Å². The molecule has 0 amide bonds. The van der Waals surface area contributed by atoms with Gasteiger partial charge >= 0.3 is 0 Å². The van der Waals surface area contributed by atoms with Crippen LogP contribution in [0.15, 0.2) is 30.6 Å². The van der Waals surface area contributed by atoms with Gasteiger partial charge in [-0.15, -0.1) is 0 Å². The van der Waals surface area contributed by atoms with Crippen molar-refractivity contribution in [3.8, 4) is 5.88 Å². The molecule has 0 unspecified atom stereocenters. The quantitative estimate of drug-likeness (QED) is 0.398. The highest BCUT2D eigenvalue weighted by Crippen LogP contribution is 2.25. The van der Waals surface area contributed by atoms with Crippen LogP contribution in [0, 0.1) is 0 Å². The normalized spacial score (nSPS) is 16.4. The summed E-state index contributed by atoms with van der Waals surface area (Å²) >= 11 is 0. The number of nitrogens with zero attached hydrogens (tertiary/aromatic N) is 6. The highest BCUT2D eigenvalue weighted by molar-refractivity contribution is 5.61. The van der Waals surface area contributed by atoms with Crippen molar-refractivity contribution in [1.82, 2.24) is 29.8 Å². The SMILES string of the molecule is CC.CCc1cnn2c(NCc3ccc(OCCCN4CCNCC4)nc3)cc(N3CCCCC3)nc12. The molecule has 0 aliphatic carbocycles. The van der Waals surface area contributed by atoms with E-state index in [1.807, 2.05) is 36.8 Å². The van der Waals surface area contributed by atoms with Crippen molar-refractivity contribution in [2.45, 2.75) is 59.4 Å². The number of anilines is 2. The van der Waals surface area contributed by atoms with Gasteiger partial charge in [0.2, 0.25) is 5.88 Å². The van der Waals surface area contributed by atoms with Crippen LogP contribution in [-0.4, -0.2) is 76.9 Å². The highest BCUT2D eigenvalue weighted by Gasteiger charge is 2.17. The molecule has 0 spiro atoms. The minimum atomic E-state index is 0.663. The van der Waals surface area contributed by atoms with E-state index in [4.69, 9.17) is 9.72 Å². The summed E-state index contributed by atoms with van der Waals surface area (Å²) in [4.78, 5) is 14.4. The summed E-state index contributed by atoms with van der Waals surface area (Å²) in [5.41, 5.74) is 3.22. The van der Waals surface area contributed by atoms with Gasteiger partial charge in [0, 0.05) is 76.3 Å². The van der Waals surface area contributed by atoms with Gasteiger partial charge < -0.3 is 25.2 Å². The Bertz CT molecular complexity index is 1070. The number of rotatable bonds is 10. The molecule has 202 valence electrons. The van der Waals surface area contributed by atoms with Crippen LogP contribution in [0.5, 0.6) is 5.88 Å². The standard InChI is InChI=1S/C26H38N8O.C2H6/c1-2-22-20-30-34-23(17-24(31-26(22)34)33-12-4-3-5-13-33)28-18-21-7-8-25(29-19-21)35-16-6-11-32-14-9-27-10-15-32;1-2/h7-8,17,19-20,27-28H,2-6,9-16,18H2,1H3;1-2H3. The van der Waals surface area contributed by atoms with E-state index in [0.29, 0.717) is 19.0 Å². The van der Waals surface area contributed by atoms with Crippen molar-refractivity contribution in [3.05, 3.63) is 41.7 Å². The molecule has 0 saturated carbocycles. The van der Waals surface area contributed by atoms with Crippen molar-refractivity contribution in [2.75, 3.05) is 62.6 Å². The number of fused-ring (bicyclic) bond motifs is 1. The van der Waals surface area contributed by atoms with Gasteiger partial charge in [-0.2, -0.15) is 9.61 Å². The Morgan fingerprint density at radius 3 is 2.57 bits per heavy atom. The van der Waals surface area contributed by atoms with Crippen molar-refractivity contribution in [1.29, 1.82) is 0 Å². The van der Waals surface area contributed by atoms with Crippen LogP contribution in [0.25, 0.3) is 5.65 Å². The fourth-order valence-corrected chi connectivity index (χ4v) is 4.85. The van der Waals surface area contributed by atoms with Crippen LogP contribution in [0.2, 0.25) is 0 Å². The van der Waals surface area contributed by atoms with Crippen molar-refractivity contribution >= 4 is 17.3 Å². The van der Waals surface area contributed by atoms with E-state index in [1.165, 1.54) is 24.8 Å². The Hall–Kier alpha value is -2.91. The molecule has 0 bridgehead atoms. The average Bonchev–Trinajstić information content (AvgIpc) is 3.40. The Kier molecular flexibility index (Phi) is 10.4. The topological polar surface area (TPSA) is 82.8 Å². The van der Waals surface area contributed by atoms with Crippen molar-refractivity contribution in [2.24, 2.45) is 0 Å². The van der Waals surface area contributed by atoms with Crippen molar-refractivity contribution < 1.29 is 4.74 Å². The first-order valence-corrected chi connectivity index (χ1v) is 14.2. The maximum Gasteiger partial charge on any atom is 0.213 e. The highest BCUT2D eigenvalue weighted by atomic mass is 16.5. The monoisotopic (exact) mass is 508 g/mol. The summed E-state index contributed by atoms with van der Waals surface area (Å²) in [5, 5.41) is 11.6. The summed E-state index contributed by atoms with van der Waals surface area (Å²) < 4.78 is 7.79. The van der Waals surface area contributed by atoms with E-state index >= 15 is 0 Å². The summed E-state index contributed by atoms with van der Waals surface area (Å²) in [6.07, 6.45) is 9.52. The fraction of sp³-hybridized carbons (Fsp3) is 0.607. The number of pyridine rings is 1. The molecule has 2 aliphatic heterocycles. The number of piperidine rings is 1. The fourth-order valence-electron chi connectivity index (χ4n) is 4.85. The minimum Gasteiger partial charge on any atom is -0.478 e. The predicted octanol–water partition coefficient (Wildman–Crippen LogP) is 3.99. The molecular formula is C28H44N8O. The van der Waals surface area contributed by atoms with E-state index in [2.05, 4.69) is 49.6 Å². The van der Waals surface area contributed by atoms with Crippen LogP contribution in [0.3, 0.4) is 0 Å². The minimum absolute atomic E-state index is 0.663. The van der Waals surface area contributed by atoms with Gasteiger partial charge in [-0.3, -0.25) is 0 Å². The second-order valence-electron chi connectivity index (χ2n) is 9.46. The second-order valence-corrected chi connectivity index (χ2v) is 9.46. The molecular weight excluding hydrogens is 464 g/mol. The Morgan fingerprint density at radius 2 is 1.84 bits per heavy atom. The van der Waals surface area contributed by atoms with Gasteiger partial charge in [0.05, 0.1) is 12.8 Å². The third-order valence-electron chi connectivity index (χ3n) is 6.94. The molecule has 2 aliphatic rings. The van der Waals surface area contributed by atoms with E-state index in [-0.39, 0.29) is 0 Å². The third-order valence-corrected chi connectivity index (χ3v) is 6.94.